The Morgan fingerprint density at radius 1 is 1.26 bits per heavy atom. The molecule has 3 rings (SSSR count). The van der Waals surface area contributed by atoms with Crippen LogP contribution in [0.1, 0.15) is 37.6 Å². The number of aryl methyl sites for hydroxylation is 1. The summed E-state index contributed by atoms with van der Waals surface area (Å²) >= 11 is 0. The number of fused-ring (bicyclic) bond motifs is 1. The van der Waals surface area contributed by atoms with Crippen LogP contribution in [0.25, 0.3) is 10.9 Å². The van der Waals surface area contributed by atoms with Gasteiger partial charge in [-0.05, 0) is 55.5 Å². The number of aromatic nitrogens is 1. The van der Waals surface area contributed by atoms with E-state index in [0.717, 1.165) is 17.1 Å². The number of pyridine rings is 1. The van der Waals surface area contributed by atoms with Crippen LogP contribution in [0, 0.1) is 18.3 Å². The number of nitrogens with zero attached hydrogens (tertiary/aromatic N) is 1. The highest BCUT2D eigenvalue weighted by Gasteiger charge is 2.50. The van der Waals surface area contributed by atoms with Crippen molar-refractivity contribution < 1.29 is 0 Å². The van der Waals surface area contributed by atoms with Gasteiger partial charge in [0.2, 0.25) is 0 Å². The molecule has 0 aliphatic heterocycles. The molecule has 0 bridgehead atoms. The predicted molar refractivity (Wildman–Crippen MR) is 80.2 cm³/mol. The van der Waals surface area contributed by atoms with E-state index in [1.807, 2.05) is 6.92 Å². The molecule has 19 heavy (non-hydrogen) atoms. The molecule has 100 valence electrons. The number of nitrogens with one attached hydrogen (secondary N) is 1. The lowest BCUT2D eigenvalue weighted by molar-refractivity contribution is 0.441. The Labute approximate surface area is 115 Å². The average Bonchev–Trinajstić information content (AvgIpc) is 2.99. The molecule has 1 aliphatic rings. The molecule has 1 aromatic carbocycles. The number of hydrogen-bond acceptors (Lipinski definition) is 2. The number of benzene rings is 1. The molecule has 2 aromatic rings. The molecule has 1 aromatic heterocycles. The van der Waals surface area contributed by atoms with E-state index in [2.05, 4.69) is 61.5 Å². The molecule has 2 atom stereocenters. The van der Waals surface area contributed by atoms with Gasteiger partial charge in [-0.15, -0.1) is 0 Å². The van der Waals surface area contributed by atoms with E-state index in [1.165, 1.54) is 17.4 Å². The Hall–Kier alpha value is -1.41. The zero-order valence-corrected chi connectivity index (χ0v) is 12.2. The van der Waals surface area contributed by atoms with Gasteiger partial charge in [0.15, 0.2) is 0 Å². The van der Waals surface area contributed by atoms with Crippen LogP contribution in [0.15, 0.2) is 30.3 Å². The standard InChI is InChI=1S/C17H22N2/c1-11-5-6-12-9-13(7-8-15(12)19-11)16(18-4)14-10-17(14,2)3/h5-9,14,16,18H,10H2,1-4H3. The van der Waals surface area contributed by atoms with Gasteiger partial charge < -0.3 is 5.32 Å². The first-order valence-corrected chi connectivity index (χ1v) is 7.06. The molecule has 1 N–H and O–H groups in total. The van der Waals surface area contributed by atoms with Crippen molar-refractivity contribution in [1.82, 2.24) is 10.3 Å². The first-order chi connectivity index (χ1) is 9.01. The van der Waals surface area contributed by atoms with Gasteiger partial charge in [0, 0.05) is 17.1 Å². The normalized spacial score (nSPS) is 22.4. The van der Waals surface area contributed by atoms with Crippen molar-refractivity contribution in [2.75, 3.05) is 7.05 Å². The lowest BCUT2D eigenvalue weighted by Crippen LogP contribution is -2.20. The molecule has 1 aliphatic carbocycles. The minimum Gasteiger partial charge on any atom is -0.313 e. The van der Waals surface area contributed by atoms with Crippen LogP contribution >= 0.6 is 0 Å². The molecule has 0 radical (unpaired) electrons. The quantitative estimate of drug-likeness (QED) is 0.900. The van der Waals surface area contributed by atoms with Crippen LogP contribution in [0.2, 0.25) is 0 Å². The summed E-state index contributed by atoms with van der Waals surface area (Å²) in [5, 5.41) is 4.73. The van der Waals surface area contributed by atoms with Crippen LogP contribution in [-0.4, -0.2) is 12.0 Å². The highest BCUT2D eigenvalue weighted by molar-refractivity contribution is 5.79. The minimum absolute atomic E-state index is 0.459. The monoisotopic (exact) mass is 254 g/mol. The molecular formula is C17H22N2. The van der Waals surface area contributed by atoms with Crippen LogP contribution in [0.4, 0.5) is 0 Å². The molecule has 1 saturated carbocycles. The van der Waals surface area contributed by atoms with Crippen LogP contribution in [0.3, 0.4) is 0 Å². The second-order valence-electron chi connectivity index (χ2n) is 6.47. The Morgan fingerprint density at radius 2 is 2.00 bits per heavy atom. The van der Waals surface area contributed by atoms with Crippen molar-refractivity contribution in [3.8, 4) is 0 Å². The third kappa shape index (κ3) is 2.25. The fraction of sp³-hybridized carbons (Fsp3) is 0.471. The Balaban J connectivity index is 1.98. The third-order valence-electron chi connectivity index (χ3n) is 4.51. The molecule has 2 nitrogen and oxygen atoms in total. The van der Waals surface area contributed by atoms with Gasteiger partial charge in [0.1, 0.15) is 0 Å². The van der Waals surface area contributed by atoms with Crippen molar-refractivity contribution in [2.45, 2.75) is 33.2 Å². The first-order valence-electron chi connectivity index (χ1n) is 7.06. The average molecular weight is 254 g/mol. The Morgan fingerprint density at radius 3 is 2.63 bits per heavy atom. The molecule has 1 fully saturated rings. The summed E-state index contributed by atoms with van der Waals surface area (Å²) in [7, 11) is 2.07. The maximum atomic E-state index is 4.57. The summed E-state index contributed by atoms with van der Waals surface area (Å²) < 4.78 is 0. The smallest absolute Gasteiger partial charge is 0.0705 e. The summed E-state index contributed by atoms with van der Waals surface area (Å²) in [5.74, 6) is 0.744. The van der Waals surface area contributed by atoms with E-state index in [0.29, 0.717) is 11.5 Å². The second-order valence-corrected chi connectivity index (χ2v) is 6.47. The molecule has 0 amide bonds. The van der Waals surface area contributed by atoms with E-state index >= 15 is 0 Å². The molecule has 0 spiro atoms. The van der Waals surface area contributed by atoms with Crippen molar-refractivity contribution in [3.63, 3.8) is 0 Å². The molecule has 2 unspecified atom stereocenters. The van der Waals surface area contributed by atoms with Crippen molar-refractivity contribution in [1.29, 1.82) is 0 Å². The van der Waals surface area contributed by atoms with Gasteiger partial charge in [-0.1, -0.05) is 26.0 Å². The van der Waals surface area contributed by atoms with E-state index < -0.39 is 0 Å². The fourth-order valence-corrected chi connectivity index (χ4v) is 3.12. The van der Waals surface area contributed by atoms with Crippen molar-refractivity contribution in [2.24, 2.45) is 11.3 Å². The van der Waals surface area contributed by atoms with E-state index in [1.54, 1.807) is 0 Å². The highest BCUT2D eigenvalue weighted by Crippen LogP contribution is 2.57. The van der Waals surface area contributed by atoms with Gasteiger partial charge in [0.25, 0.3) is 0 Å². The maximum absolute atomic E-state index is 4.57. The largest absolute Gasteiger partial charge is 0.313 e. The van der Waals surface area contributed by atoms with Gasteiger partial charge in [-0.3, -0.25) is 4.98 Å². The zero-order chi connectivity index (χ0) is 13.6. The first kappa shape index (κ1) is 12.6. The Bertz CT molecular complexity index is 616. The van der Waals surface area contributed by atoms with E-state index in [9.17, 15) is 0 Å². The molecule has 0 saturated heterocycles. The third-order valence-corrected chi connectivity index (χ3v) is 4.51. The van der Waals surface area contributed by atoms with Crippen molar-refractivity contribution in [3.05, 3.63) is 41.6 Å². The molecular weight excluding hydrogens is 232 g/mol. The molecule has 2 heteroatoms. The van der Waals surface area contributed by atoms with Gasteiger partial charge in [-0.25, -0.2) is 0 Å². The zero-order valence-electron chi connectivity index (χ0n) is 12.2. The number of rotatable bonds is 3. The van der Waals surface area contributed by atoms with Crippen LogP contribution in [-0.2, 0) is 0 Å². The SMILES string of the molecule is CNC(c1ccc2nc(C)ccc2c1)C1CC1(C)C. The van der Waals surface area contributed by atoms with Gasteiger partial charge in [-0.2, -0.15) is 0 Å². The van der Waals surface area contributed by atoms with Crippen LogP contribution < -0.4 is 5.32 Å². The molecule has 1 heterocycles. The van der Waals surface area contributed by atoms with Crippen molar-refractivity contribution >= 4 is 10.9 Å². The summed E-state index contributed by atoms with van der Waals surface area (Å²) in [4.78, 5) is 4.57. The second kappa shape index (κ2) is 4.31. The summed E-state index contributed by atoms with van der Waals surface area (Å²) in [6, 6.07) is 11.4. The minimum atomic E-state index is 0.459. The van der Waals surface area contributed by atoms with Gasteiger partial charge in [0.05, 0.1) is 5.52 Å². The lowest BCUT2D eigenvalue weighted by Gasteiger charge is -2.19. The van der Waals surface area contributed by atoms with Crippen LogP contribution in [0.5, 0.6) is 0 Å². The van der Waals surface area contributed by atoms with E-state index in [-0.39, 0.29) is 0 Å². The summed E-state index contributed by atoms with van der Waals surface area (Å²) in [6.45, 7) is 6.75. The number of hydrogen-bond donors (Lipinski definition) is 1. The van der Waals surface area contributed by atoms with Gasteiger partial charge >= 0.3 is 0 Å². The van der Waals surface area contributed by atoms with E-state index in [4.69, 9.17) is 0 Å². The predicted octanol–water partition coefficient (Wildman–Crippen LogP) is 3.85. The highest BCUT2D eigenvalue weighted by atomic mass is 14.9. The lowest BCUT2D eigenvalue weighted by atomic mass is 9.96. The fourth-order valence-electron chi connectivity index (χ4n) is 3.12. The summed E-state index contributed by atoms with van der Waals surface area (Å²) in [5.41, 5.74) is 4.03. The topological polar surface area (TPSA) is 24.9 Å². The Kier molecular flexibility index (Phi) is 2.86. The maximum Gasteiger partial charge on any atom is 0.0705 e. The summed E-state index contributed by atoms with van der Waals surface area (Å²) in [6.07, 6.45) is 1.31.